The Balaban J connectivity index is 2.45. The van der Waals surface area contributed by atoms with Gasteiger partial charge in [-0.25, -0.2) is 0 Å². The molecule has 1 aromatic carbocycles. The first-order chi connectivity index (χ1) is 8.63. The molecule has 1 aromatic rings. The van der Waals surface area contributed by atoms with Gasteiger partial charge in [0.25, 0.3) is 0 Å². The van der Waals surface area contributed by atoms with Gasteiger partial charge in [-0.05, 0) is 11.1 Å². The van der Waals surface area contributed by atoms with Crippen LogP contribution in [0.4, 0.5) is 0 Å². The van der Waals surface area contributed by atoms with Gasteiger partial charge in [0, 0.05) is 12.3 Å². The van der Waals surface area contributed by atoms with E-state index in [9.17, 15) is 5.11 Å². The molecule has 0 aliphatic carbocycles. The number of hydrogen-bond acceptors (Lipinski definition) is 4. The maximum atomic E-state index is 9.82. The van der Waals surface area contributed by atoms with Gasteiger partial charge in [0.2, 0.25) is 0 Å². The fourth-order valence-corrected chi connectivity index (χ4v) is 1.54. The largest absolute Gasteiger partial charge is 0.387 e. The molecule has 6 heteroatoms. The van der Waals surface area contributed by atoms with E-state index in [0.717, 1.165) is 11.1 Å². The van der Waals surface area contributed by atoms with Crippen molar-refractivity contribution < 1.29 is 9.84 Å². The number of thiol groups is 1. The average Bonchev–Trinajstić information content (AvgIpc) is 2.37. The fourth-order valence-electron chi connectivity index (χ4n) is 1.42. The number of aliphatic hydroxyl groups excluding tert-OH is 1. The van der Waals surface area contributed by atoms with Crippen molar-refractivity contribution in [1.82, 2.24) is 5.32 Å². The Kier molecular flexibility index (Phi) is 6.56. The van der Waals surface area contributed by atoms with Crippen molar-refractivity contribution in [3.05, 3.63) is 35.4 Å². The highest BCUT2D eigenvalue weighted by atomic mass is 32.1. The molecule has 0 saturated carbocycles. The molecular formula is C12H19N3O2S. The molecule has 5 N–H and O–H groups in total. The molecule has 0 aliphatic rings. The Morgan fingerprint density at radius 1 is 1.44 bits per heavy atom. The number of guanidine groups is 1. The van der Waals surface area contributed by atoms with Crippen LogP contribution in [0.25, 0.3) is 0 Å². The summed E-state index contributed by atoms with van der Waals surface area (Å²) in [6.45, 7) is 1.39. The molecule has 100 valence electrons. The van der Waals surface area contributed by atoms with Crippen LogP contribution in [0.15, 0.2) is 24.3 Å². The lowest BCUT2D eigenvalue weighted by molar-refractivity contribution is 0.136. The first-order valence-electron chi connectivity index (χ1n) is 5.67. The van der Waals surface area contributed by atoms with Crippen LogP contribution in [0.3, 0.4) is 0 Å². The number of hydrogen-bond donors (Lipinski definition) is 5. The van der Waals surface area contributed by atoms with Crippen LogP contribution in [0.2, 0.25) is 0 Å². The van der Waals surface area contributed by atoms with Crippen molar-refractivity contribution in [3.63, 3.8) is 0 Å². The third kappa shape index (κ3) is 5.39. The van der Waals surface area contributed by atoms with Gasteiger partial charge in [-0.2, -0.15) is 12.6 Å². The second-order valence-corrected chi connectivity index (χ2v) is 4.28. The van der Waals surface area contributed by atoms with E-state index >= 15 is 0 Å². The van der Waals surface area contributed by atoms with Crippen molar-refractivity contribution in [3.8, 4) is 0 Å². The van der Waals surface area contributed by atoms with E-state index in [1.165, 1.54) is 0 Å². The Morgan fingerprint density at radius 3 is 2.67 bits per heavy atom. The molecule has 1 unspecified atom stereocenters. The molecule has 1 rings (SSSR count). The lowest BCUT2D eigenvalue weighted by atomic mass is 10.1. The molecule has 0 spiro atoms. The molecule has 0 aromatic heterocycles. The van der Waals surface area contributed by atoms with Gasteiger partial charge in [0.05, 0.1) is 19.3 Å². The van der Waals surface area contributed by atoms with Gasteiger partial charge in [0.15, 0.2) is 5.96 Å². The summed E-state index contributed by atoms with van der Waals surface area (Å²) < 4.78 is 5.35. The van der Waals surface area contributed by atoms with E-state index in [1.54, 1.807) is 0 Å². The maximum Gasteiger partial charge on any atom is 0.185 e. The Labute approximate surface area is 112 Å². The van der Waals surface area contributed by atoms with Crippen LogP contribution >= 0.6 is 12.6 Å². The molecule has 5 nitrogen and oxygen atoms in total. The number of benzene rings is 1. The molecule has 18 heavy (non-hydrogen) atoms. The highest BCUT2D eigenvalue weighted by Crippen LogP contribution is 2.13. The topological polar surface area (TPSA) is 91.4 Å². The molecule has 0 heterocycles. The normalized spacial score (nSPS) is 12.1. The third-order valence-electron chi connectivity index (χ3n) is 2.35. The Bertz CT molecular complexity index is 370. The predicted octanol–water partition coefficient (Wildman–Crippen LogP) is 0.649. The quantitative estimate of drug-likeness (QED) is 0.217. The Hall–Kier alpha value is -1.24. The number of nitrogens with two attached hydrogens (primary N) is 1. The highest BCUT2D eigenvalue weighted by Gasteiger charge is 2.07. The van der Waals surface area contributed by atoms with Gasteiger partial charge in [-0.15, -0.1) is 0 Å². The summed E-state index contributed by atoms with van der Waals surface area (Å²) >= 11 is 4.06. The summed E-state index contributed by atoms with van der Waals surface area (Å²) in [4.78, 5) is 0. The predicted molar refractivity (Wildman–Crippen MR) is 74.8 cm³/mol. The maximum absolute atomic E-state index is 9.82. The number of rotatable bonds is 7. The van der Waals surface area contributed by atoms with Crippen LogP contribution in [-0.4, -0.2) is 30.0 Å². The van der Waals surface area contributed by atoms with Gasteiger partial charge < -0.3 is 20.9 Å². The van der Waals surface area contributed by atoms with Gasteiger partial charge >= 0.3 is 0 Å². The second-order valence-electron chi connectivity index (χ2n) is 3.83. The number of aliphatic hydroxyl groups is 1. The van der Waals surface area contributed by atoms with Crippen LogP contribution < -0.4 is 11.1 Å². The minimum absolute atomic E-state index is 0.147. The number of ether oxygens (including phenoxy) is 1. The van der Waals surface area contributed by atoms with E-state index in [4.69, 9.17) is 15.9 Å². The summed E-state index contributed by atoms with van der Waals surface area (Å²) in [5.74, 6) is 0.555. The Morgan fingerprint density at radius 2 is 2.11 bits per heavy atom. The molecule has 0 radical (unpaired) electrons. The van der Waals surface area contributed by atoms with Gasteiger partial charge in [-0.1, -0.05) is 24.3 Å². The van der Waals surface area contributed by atoms with E-state index < -0.39 is 6.10 Å². The van der Waals surface area contributed by atoms with E-state index in [2.05, 4.69) is 17.9 Å². The summed E-state index contributed by atoms with van der Waals surface area (Å²) in [6, 6.07) is 7.49. The first kappa shape index (κ1) is 14.8. The van der Waals surface area contributed by atoms with Gasteiger partial charge in [-0.3, -0.25) is 5.41 Å². The molecule has 0 aliphatic heterocycles. The van der Waals surface area contributed by atoms with E-state index in [0.29, 0.717) is 19.0 Å². The minimum atomic E-state index is -0.679. The lowest BCUT2D eigenvalue weighted by Gasteiger charge is -2.12. The summed E-state index contributed by atoms with van der Waals surface area (Å²) in [5.41, 5.74) is 6.98. The van der Waals surface area contributed by atoms with Gasteiger partial charge in [0.1, 0.15) is 0 Å². The van der Waals surface area contributed by atoms with E-state index in [1.807, 2.05) is 24.3 Å². The zero-order valence-corrected chi connectivity index (χ0v) is 11.0. The van der Waals surface area contributed by atoms with Crippen LogP contribution in [-0.2, 0) is 11.3 Å². The van der Waals surface area contributed by atoms with Crippen molar-refractivity contribution >= 4 is 18.6 Å². The third-order valence-corrected chi connectivity index (χ3v) is 2.54. The van der Waals surface area contributed by atoms with Crippen molar-refractivity contribution in [1.29, 1.82) is 5.41 Å². The molecule has 0 saturated heterocycles. The summed E-state index contributed by atoms with van der Waals surface area (Å²) in [6.07, 6.45) is -0.679. The van der Waals surface area contributed by atoms with Crippen molar-refractivity contribution in [2.24, 2.45) is 5.73 Å². The lowest BCUT2D eigenvalue weighted by Crippen LogP contribution is -2.33. The first-order valence-corrected chi connectivity index (χ1v) is 6.30. The molecular weight excluding hydrogens is 250 g/mol. The van der Waals surface area contributed by atoms with Crippen molar-refractivity contribution in [2.45, 2.75) is 12.7 Å². The molecule has 0 fully saturated rings. The zero-order valence-electron chi connectivity index (χ0n) is 10.1. The van der Waals surface area contributed by atoms with E-state index in [-0.39, 0.29) is 12.5 Å². The molecule has 0 bridgehead atoms. The zero-order chi connectivity index (χ0) is 13.4. The molecule has 1 atom stereocenters. The second kappa shape index (κ2) is 7.97. The summed E-state index contributed by atoms with van der Waals surface area (Å²) in [5, 5.41) is 19.4. The monoisotopic (exact) mass is 269 g/mol. The molecule has 0 amide bonds. The van der Waals surface area contributed by atoms with Crippen molar-refractivity contribution in [2.75, 3.05) is 18.9 Å². The minimum Gasteiger partial charge on any atom is -0.387 e. The standard InChI is InChI=1S/C12H19N3O2S/c13-12(14)15-7-11(16)10-3-1-9(2-4-10)8-17-5-6-18/h1-4,11,16,18H,5-8H2,(H4,13,14,15). The SMILES string of the molecule is N=C(N)NCC(O)c1ccc(COCCS)cc1. The average molecular weight is 269 g/mol. The van der Waals surface area contributed by atoms with Crippen LogP contribution in [0, 0.1) is 5.41 Å². The van der Waals surface area contributed by atoms with Crippen LogP contribution in [0.5, 0.6) is 0 Å². The highest BCUT2D eigenvalue weighted by molar-refractivity contribution is 7.80. The fraction of sp³-hybridized carbons (Fsp3) is 0.417. The number of nitrogens with one attached hydrogen (secondary N) is 2. The van der Waals surface area contributed by atoms with Crippen LogP contribution in [0.1, 0.15) is 17.2 Å². The summed E-state index contributed by atoms with van der Waals surface area (Å²) in [7, 11) is 0. The smallest absolute Gasteiger partial charge is 0.185 e.